The molecule has 2 aliphatic carbocycles. The highest BCUT2D eigenvalue weighted by Crippen LogP contribution is 2.60. The SMILES string of the molecule is C=C(C)[C@@H]1C[C@@H](OC(=O)c2ccccc2)[C@]2(C)CC[C@@H](OC(=O)c3ccccc3)[C@@](O)(COC(=O)c3ccccc3)[C@]2(O)C1. The van der Waals surface area contributed by atoms with E-state index >= 15 is 0 Å². The Labute approximate surface area is 257 Å². The molecule has 3 aromatic carbocycles. The second kappa shape index (κ2) is 12.4. The van der Waals surface area contributed by atoms with Crippen LogP contribution < -0.4 is 0 Å². The third-order valence-corrected chi connectivity index (χ3v) is 9.52. The van der Waals surface area contributed by atoms with E-state index in [0.29, 0.717) is 12.0 Å². The average molecular weight is 599 g/mol. The number of aliphatic hydroxyl groups is 2. The number of esters is 3. The fraction of sp³-hybridized carbons (Fsp3) is 0.361. The van der Waals surface area contributed by atoms with Gasteiger partial charge in [-0.05, 0) is 74.9 Å². The van der Waals surface area contributed by atoms with Crippen molar-refractivity contribution in [1.82, 2.24) is 0 Å². The molecule has 0 heterocycles. The summed E-state index contributed by atoms with van der Waals surface area (Å²) in [6, 6.07) is 25.2. The van der Waals surface area contributed by atoms with Gasteiger partial charge in [-0.1, -0.05) is 73.7 Å². The van der Waals surface area contributed by atoms with Crippen molar-refractivity contribution in [2.75, 3.05) is 6.61 Å². The number of ether oxygens (including phenoxy) is 3. The summed E-state index contributed by atoms with van der Waals surface area (Å²) in [5.74, 6) is -2.31. The van der Waals surface area contributed by atoms with Gasteiger partial charge in [0.25, 0.3) is 0 Å². The van der Waals surface area contributed by atoms with Gasteiger partial charge < -0.3 is 24.4 Å². The zero-order chi connectivity index (χ0) is 31.5. The fourth-order valence-electron chi connectivity index (χ4n) is 6.73. The van der Waals surface area contributed by atoms with Gasteiger partial charge in [0.1, 0.15) is 24.4 Å². The highest BCUT2D eigenvalue weighted by atomic mass is 16.6. The van der Waals surface area contributed by atoms with E-state index in [-0.39, 0.29) is 36.3 Å². The number of fused-ring (bicyclic) bond motifs is 1. The van der Waals surface area contributed by atoms with E-state index < -0.39 is 53.3 Å². The summed E-state index contributed by atoms with van der Waals surface area (Å²) in [7, 11) is 0. The maximum Gasteiger partial charge on any atom is 0.338 e. The summed E-state index contributed by atoms with van der Waals surface area (Å²) in [6.07, 6.45) is -1.31. The van der Waals surface area contributed by atoms with Gasteiger partial charge in [-0.2, -0.15) is 0 Å². The number of benzene rings is 3. The van der Waals surface area contributed by atoms with Crippen LogP contribution >= 0.6 is 0 Å². The topological polar surface area (TPSA) is 119 Å². The molecule has 2 N–H and O–H groups in total. The number of rotatable bonds is 8. The molecule has 230 valence electrons. The van der Waals surface area contributed by atoms with Gasteiger partial charge in [0.15, 0.2) is 5.60 Å². The molecule has 8 nitrogen and oxygen atoms in total. The largest absolute Gasteiger partial charge is 0.459 e. The maximum absolute atomic E-state index is 13.3. The third-order valence-electron chi connectivity index (χ3n) is 9.52. The zero-order valence-corrected chi connectivity index (χ0v) is 25.0. The van der Waals surface area contributed by atoms with Crippen molar-refractivity contribution in [3.63, 3.8) is 0 Å². The van der Waals surface area contributed by atoms with Crippen molar-refractivity contribution in [3.8, 4) is 0 Å². The molecule has 5 rings (SSSR count). The third kappa shape index (κ3) is 5.67. The number of hydrogen-bond donors (Lipinski definition) is 2. The summed E-state index contributed by atoms with van der Waals surface area (Å²) >= 11 is 0. The molecule has 0 aliphatic heterocycles. The Hall–Kier alpha value is -4.27. The lowest BCUT2D eigenvalue weighted by atomic mass is 9.48. The van der Waals surface area contributed by atoms with Gasteiger partial charge in [-0.25, -0.2) is 14.4 Å². The molecule has 0 bridgehead atoms. The van der Waals surface area contributed by atoms with Crippen LogP contribution in [0.3, 0.4) is 0 Å². The Morgan fingerprint density at radius 3 is 1.70 bits per heavy atom. The predicted molar refractivity (Wildman–Crippen MR) is 163 cm³/mol. The molecule has 44 heavy (non-hydrogen) atoms. The van der Waals surface area contributed by atoms with E-state index in [4.69, 9.17) is 14.2 Å². The van der Waals surface area contributed by atoms with Gasteiger partial charge in [0.05, 0.1) is 16.7 Å². The Bertz CT molecular complexity index is 1510. The molecule has 2 saturated carbocycles. The van der Waals surface area contributed by atoms with E-state index in [1.54, 1.807) is 97.9 Å². The second-order valence-corrected chi connectivity index (χ2v) is 12.2. The highest BCUT2D eigenvalue weighted by molar-refractivity contribution is 5.90. The van der Waals surface area contributed by atoms with Crippen LogP contribution in [0, 0.1) is 11.3 Å². The van der Waals surface area contributed by atoms with Crippen LogP contribution in [0.1, 0.15) is 70.6 Å². The smallest absolute Gasteiger partial charge is 0.338 e. The molecule has 0 unspecified atom stereocenters. The van der Waals surface area contributed by atoms with Crippen LogP contribution in [-0.2, 0) is 14.2 Å². The van der Waals surface area contributed by atoms with Crippen molar-refractivity contribution in [2.24, 2.45) is 11.3 Å². The predicted octanol–water partition coefficient (Wildman–Crippen LogP) is 5.54. The standard InChI is InChI=1S/C36H38O8/c1-24(2)28-21-30(44-33(39)27-17-11-6-12-18-27)34(3)20-19-29(43-32(38)26-15-9-5-10-16-26)35(40,36(34,41)22-28)23-42-31(37)25-13-7-4-8-14-25/h4-18,28-30,40-41H,1,19-23H2,2-3H3/t28-,29-,30-,34+,35+,36+/m1/s1. The summed E-state index contributed by atoms with van der Waals surface area (Å²) in [4.78, 5) is 39.6. The van der Waals surface area contributed by atoms with E-state index in [1.807, 2.05) is 6.92 Å². The first kappa shape index (κ1) is 31.2. The molecule has 8 heteroatoms. The Kier molecular flexibility index (Phi) is 8.77. The second-order valence-electron chi connectivity index (χ2n) is 12.2. The van der Waals surface area contributed by atoms with Crippen molar-refractivity contribution in [2.45, 2.75) is 62.9 Å². The van der Waals surface area contributed by atoms with Crippen LogP contribution in [0.5, 0.6) is 0 Å². The first-order chi connectivity index (χ1) is 21.0. The van der Waals surface area contributed by atoms with E-state index in [9.17, 15) is 24.6 Å². The van der Waals surface area contributed by atoms with Gasteiger partial charge in [0.2, 0.25) is 0 Å². The maximum atomic E-state index is 13.3. The van der Waals surface area contributed by atoms with E-state index in [0.717, 1.165) is 5.57 Å². The van der Waals surface area contributed by atoms with Crippen LogP contribution in [0.2, 0.25) is 0 Å². The van der Waals surface area contributed by atoms with Crippen LogP contribution in [0.4, 0.5) is 0 Å². The Morgan fingerprint density at radius 1 is 0.773 bits per heavy atom. The molecule has 2 aliphatic rings. The summed E-state index contributed by atoms with van der Waals surface area (Å²) in [6.45, 7) is 7.03. The van der Waals surface area contributed by atoms with E-state index in [1.165, 1.54) is 0 Å². The van der Waals surface area contributed by atoms with Crippen molar-refractivity contribution >= 4 is 17.9 Å². The first-order valence-electron chi connectivity index (χ1n) is 14.8. The monoisotopic (exact) mass is 598 g/mol. The number of allylic oxidation sites excluding steroid dienone is 1. The fourth-order valence-corrected chi connectivity index (χ4v) is 6.73. The molecule has 0 spiro atoms. The molecule has 2 fully saturated rings. The molecule has 0 aromatic heterocycles. The number of carbonyl (C=O) groups excluding carboxylic acids is 3. The minimum Gasteiger partial charge on any atom is -0.459 e. The Balaban J connectivity index is 1.53. The van der Waals surface area contributed by atoms with Crippen molar-refractivity contribution in [1.29, 1.82) is 0 Å². The van der Waals surface area contributed by atoms with Crippen molar-refractivity contribution in [3.05, 3.63) is 120 Å². The lowest BCUT2D eigenvalue weighted by molar-refractivity contribution is -0.316. The number of hydrogen-bond acceptors (Lipinski definition) is 8. The quantitative estimate of drug-likeness (QED) is 0.197. The van der Waals surface area contributed by atoms with Gasteiger partial charge in [0, 0.05) is 5.41 Å². The molecular weight excluding hydrogens is 560 g/mol. The summed E-state index contributed by atoms with van der Waals surface area (Å²) < 4.78 is 17.7. The minimum atomic E-state index is -2.26. The van der Waals surface area contributed by atoms with Crippen molar-refractivity contribution < 1.29 is 38.8 Å². The molecular formula is C36H38O8. The van der Waals surface area contributed by atoms with E-state index in [2.05, 4.69) is 6.58 Å². The Morgan fingerprint density at radius 2 is 1.23 bits per heavy atom. The normalized spacial score (nSPS) is 29.5. The van der Waals surface area contributed by atoms with Crippen LogP contribution in [0.25, 0.3) is 0 Å². The van der Waals surface area contributed by atoms with Gasteiger partial charge in [-0.3, -0.25) is 0 Å². The van der Waals surface area contributed by atoms with Crippen LogP contribution in [-0.4, -0.2) is 58.1 Å². The minimum absolute atomic E-state index is 0.0248. The van der Waals surface area contributed by atoms with Crippen LogP contribution in [0.15, 0.2) is 103 Å². The zero-order valence-electron chi connectivity index (χ0n) is 25.0. The van der Waals surface area contributed by atoms with Gasteiger partial charge >= 0.3 is 17.9 Å². The lowest BCUT2D eigenvalue weighted by Crippen LogP contribution is -2.77. The summed E-state index contributed by atoms with van der Waals surface area (Å²) in [5.41, 5.74) is -3.87. The first-order valence-corrected chi connectivity index (χ1v) is 14.8. The molecule has 6 atom stereocenters. The molecule has 3 aromatic rings. The number of carbonyl (C=O) groups is 3. The average Bonchev–Trinajstić information content (AvgIpc) is 3.04. The lowest BCUT2D eigenvalue weighted by Gasteiger charge is -2.64. The van der Waals surface area contributed by atoms with Gasteiger partial charge in [-0.15, -0.1) is 0 Å². The highest BCUT2D eigenvalue weighted by Gasteiger charge is 2.72. The molecule has 0 radical (unpaired) electrons. The molecule has 0 amide bonds. The molecule has 0 saturated heterocycles. The summed E-state index contributed by atoms with van der Waals surface area (Å²) in [5, 5.41) is 25.5.